The van der Waals surface area contributed by atoms with E-state index in [1.807, 2.05) is 38.1 Å². The van der Waals surface area contributed by atoms with Crippen LogP contribution in [0.1, 0.15) is 11.1 Å². The van der Waals surface area contributed by atoms with Crippen molar-refractivity contribution in [3.05, 3.63) is 46.1 Å². The molecule has 1 heterocycles. The van der Waals surface area contributed by atoms with Crippen molar-refractivity contribution in [3.63, 3.8) is 0 Å². The van der Waals surface area contributed by atoms with Crippen LogP contribution >= 0.6 is 15.9 Å². The molecule has 0 aliphatic heterocycles. The zero-order chi connectivity index (χ0) is 13.1. The third-order valence-electron chi connectivity index (χ3n) is 2.73. The molecule has 0 saturated carbocycles. The Morgan fingerprint density at radius 1 is 1.17 bits per heavy atom. The number of aryl methyl sites for hydroxylation is 2. The fourth-order valence-electron chi connectivity index (χ4n) is 1.70. The summed E-state index contributed by atoms with van der Waals surface area (Å²) in [5.74, 6) is 1.73. The summed E-state index contributed by atoms with van der Waals surface area (Å²) in [5, 5.41) is 3.33. The third-order valence-corrected chi connectivity index (χ3v) is 3.17. The summed E-state index contributed by atoms with van der Waals surface area (Å²) in [4.78, 5) is 4.37. The van der Waals surface area contributed by atoms with Crippen molar-refractivity contribution in [2.24, 2.45) is 0 Å². The van der Waals surface area contributed by atoms with Crippen molar-refractivity contribution in [2.45, 2.75) is 13.8 Å². The molecule has 1 aromatic carbocycles. The number of rotatable bonds is 3. The number of methoxy groups -OCH3 is 1. The minimum Gasteiger partial charge on any atom is -0.497 e. The van der Waals surface area contributed by atoms with E-state index in [0.29, 0.717) is 0 Å². The lowest BCUT2D eigenvalue weighted by atomic mass is 10.2. The van der Waals surface area contributed by atoms with E-state index in [-0.39, 0.29) is 0 Å². The Kier molecular flexibility index (Phi) is 3.87. The molecule has 1 N–H and O–H groups in total. The highest BCUT2D eigenvalue weighted by Gasteiger charge is 2.04. The number of nitrogens with one attached hydrogen (secondary N) is 1. The Hall–Kier alpha value is -1.55. The summed E-state index contributed by atoms with van der Waals surface area (Å²) in [6.07, 6.45) is 1.79. The lowest BCUT2D eigenvalue weighted by molar-refractivity contribution is 0.414. The Morgan fingerprint density at radius 2 is 1.94 bits per heavy atom. The Morgan fingerprint density at radius 3 is 2.56 bits per heavy atom. The molecule has 94 valence electrons. The van der Waals surface area contributed by atoms with Crippen molar-refractivity contribution in [1.29, 1.82) is 0 Å². The highest BCUT2D eigenvalue weighted by Crippen LogP contribution is 2.26. The van der Waals surface area contributed by atoms with Gasteiger partial charge >= 0.3 is 0 Å². The third kappa shape index (κ3) is 2.82. The number of aromatic nitrogens is 1. The molecule has 2 aromatic rings. The summed E-state index contributed by atoms with van der Waals surface area (Å²) >= 11 is 3.41. The van der Waals surface area contributed by atoms with Gasteiger partial charge in [0.2, 0.25) is 0 Å². The van der Waals surface area contributed by atoms with Gasteiger partial charge in [-0.3, -0.25) is 0 Å². The molecule has 0 aliphatic carbocycles. The van der Waals surface area contributed by atoms with Gasteiger partial charge in [0.15, 0.2) is 0 Å². The zero-order valence-electron chi connectivity index (χ0n) is 10.6. The van der Waals surface area contributed by atoms with Crippen LogP contribution in [0.5, 0.6) is 5.75 Å². The van der Waals surface area contributed by atoms with Crippen molar-refractivity contribution >= 4 is 27.4 Å². The summed E-state index contributed by atoms with van der Waals surface area (Å²) < 4.78 is 6.17. The standard InChI is InChI=1S/C14H15BrN2O/c1-9-7-12(18-3)4-5-13(9)17-14-10(2)6-11(15)8-16-14/h4-8H,1-3H3,(H,16,17). The molecule has 0 radical (unpaired) electrons. The van der Waals surface area contributed by atoms with Crippen molar-refractivity contribution in [1.82, 2.24) is 4.98 Å². The molecule has 0 aliphatic rings. The molecular weight excluding hydrogens is 292 g/mol. The largest absolute Gasteiger partial charge is 0.497 e. The number of halogens is 1. The van der Waals surface area contributed by atoms with Crippen LogP contribution in [0.15, 0.2) is 34.9 Å². The van der Waals surface area contributed by atoms with Gasteiger partial charge in [-0.1, -0.05) is 0 Å². The molecule has 0 bridgehead atoms. The van der Waals surface area contributed by atoms with Gasteiger partial charge in [-0.05, 0) is 65.2 Å². The monoisotopic (exact) mass is 306 g/mol. The van der Waals surface area contributed by atoms with Crippen LogP contribution in [-0.4, -0.2) is 12.1 Å². The van der Waals surface area contributed by atoms with Crippen molar-refractivity contribution < 1.29 is 4.74 Å². The molecule has 0 fully saturated rings. The van der Waals surface area contributed by atoms with Crippen LogP contribution in [0.25, 0.3) is 0 Å². The molecule has 0 atom stereocenters. The van der Waals surface area contributed by atoms with Crippen molar-refractivity contribution in [3.8, 4) is 5.75 Å². The molecule has 0 saturated heterocycles. The Balaban J connectivity index is 2.28. The van der Waals surface area contributed by atoms with E-state index < -0.39 is 0 Å². The summed E-state index contributed by atoms with van der Waals surface area (Å²) in [5.41, 5.74) is 3.26. The number of hydrogen-bond acceptors (Lipinski definition) is 3. The fourth-order valence-corrected chi connectivity index (χ4v) is 2.15. The number of benzene rings is 1. The highest BCUT2D eigenvalue weighted by molar-refractivity contribution is 9.10. The summed E-state index contributed by atoms with van der Waals surface area (Å²) in [6.45, 7) is 4.07. The SMILES string of the molecule is COc1ccc(Nc2ncc(Br)cc2C)c(C)c1. The second-order valence-corrected chi connectivity index (χ2v) is 5.04. The van der Waals surface area contributed by atoms with Crippen LogP contribution in [-0.2, 0) is 0 Å². The topological polar surface area (TPSA) is 34.1 Å². The van der Waals surface area contributed by atoms with E-state index in [4.69, 9.17) is 4.74 Å². The van der Waals surface area contributed by atoms with Crippen LogP contribution in [0, 0.1) is 13.8 Å². The lowest BCUT2D eigenvalue weighted by Gasteiger charge is -2.12. The molecular formula is C14H15BrN2O. The molecule has 1 aromatic heterocycles. The number of nitrogens with zero attached hydrogens (tertiary/aromatic N) is 1. The Bertz CT molecular complexity index is 570. The second-order valence-electron chi connectivity index (χ2n) is 4.12. The van der Waals surface area contributed by atoms with E-state index in [2.05, 4.69) is 26.2 Å². The van der Waals surface area contributed by atoms with Gasteiger partial charge in [0, 0.05) is 16.4 Å². The van der Waals surface area contributed by atoms with Crippen LogP contribution in [0.4, 0.5) is 11.5 Å². The first-order chi connectivity index (χ1) is 8.60. The zero-order valence-corrected chi connectivity index (χ0v) is 12.2. The quantitative estimate of drug-likeness (QED) is 0.922. The van der Waals surface area contributed by atoms with E-state index in [9.17, 15) is 0 Å². The smallest absolute Gasteiger partial charge is 0.133 e. The average molecular weight is 307 g/mol. The molecule has 0 amide bonds. The molecule has 3 nitrogen and oxygen atoms in total. The minimum absolute atomic E-state index is 0.860. The first kappa shape index (κ1) is 12.9. The van der Waals surface area contributed by atoms with Crippen molar-refractivity contribution in [2.75, 3.05) is 12.4 Å². The number of anilines is 2. The van der Waals surface area contributed by atoms with E-state index >= 15 is 0 Å². The summed E-state index contributed by atoms with van der Waals surface area (Å²) in [7, 11) is 1.67. The number of ether oxygens (including phenoxy) is 1. The maximum absolute atomic E-state index is 5.19. The number of hydrogen-bond donors (Lipinski definition) is 1. The van der Waals surface area contributed by atoms with E-state index in [1.54, 1.807) is 13.3 Å². The first-order valence-electron chi connectivity index (χ1n) is 5.64. The van der Waals surface area contributed by atoms with E-state index in [1.165, 1.54) is 0 Å². The van der Waals surface area contributed by atoms with Gasteiger partial charge in [-0.25, -0.2) is 4.98 Å². The minimum atomic E-state index is 0.860. The van der Waals surface area contributed by atoms with Crippen LogP contribution in [0.3, 0.4) is 0 Å². The normalized spacial score (nSPS) is 10.2. The van der Waals surface area contributed by atoms with Gasteiger partial charge in [0.25, 0.3) is 0 Å². The molecule has 2 rings (SSSR count). The number of pyridine rings is 1. The van der Waals surface area contributed by atoms with E-state index in [0.717, 1.165) is 32.9 Å². The van der Waals surface area contributed by atoms with Crippen LogP contribution in [0.2, 0.25) is 0 Å². The molecule has 0 unspecified atom stereocenters. The maximum atomic E-state index is 5.19. The highest BCUT2D eigenvalue weighted by atomic mass is 79.9. The van der Waals surface area contributed by atoms with Gasteiger partial charge in [0.05, 0.1) is 7.11 Å². The van der Waals surface area contributed by atoms with Gasteiger partial charge in [-0.2, -0.15) is 0 Å². The first-order valence-corrected chi connectivity index (χ1v) is 6.43. The fraction of sp³-hybridized carbons (Fsp3) is 0.214. The molecule has 0 spiro atoms. The summed E-state index contributed by atoms with van der Waals surface area (Å²) in [6, 6.07) is 7.96. The Labute approximate surface area is 115 Å². The van der Waals surface area contributed by atoms with Gasteiger partial charge in [0.1, 0.15) is 11.6 Å². The average Bonchev–Trinajstić information content (AvgIpc) is 2.34. The predicted molar refractivity (Wildman–Crippen MR) is 77.7 cm³/mol. The maximum Gasteiger partial charge on any atom is 0.133 e. The second kappa shape index (κ2) is 5.40. The van der Waals surface area contributed by atoms with Gasteiger partial charge in [-0.15, -0.1) is 0 Å². The predicted octanol–water partition coefficient (Wildman–Crippen LogP) is 4.21. The van der Waals surface area contributed by atoms with Crippen LogP contribution < -0.4 is 10.1 Å². The van der Waals surface area contributed by atoms with Gasteiger partial charge < -0.3 is 10.1 Å². The molecule has 18 heavy (non-hydrogen) atoms. The molecule has 4 heteroatoms. The lowest BCUT2D eigenvalue weighted by Crippen LogP contribution is -1.98.